The molecule has 5 atom stereocenters. The van der Waals surface area contributed by atoms with Gasteiger partial charge in [0.05, 0.1) is 25.3 Å². The monoisotopic (exact) mass is 430 g/mol. The minimum Gasteiger partial charge on any atom is -0.497 e. The van der Waals surface area contributed by atoms with Gasteiger partial charge in [-0.25, -0.2) is 0 Å². The highest BCUT2D eigenvalue weighted by molar-refractivity contribution is 8.00. The third-order valence-corrected chi connectivity index (χ3v) is 7.70. The maximum absolute atomic E-state index is 11.4. The van der Waals surface area contributed by atoms with Crippen LogP contribution in [0.15, 0.2) is 36.9 Å². The van der Waals surface area contributed by atoms with Gasteiger partial charge in [-0.3, -0.25) is 9.69 Å². The lowest BCUT2D eigenvalue weighted by Gasteiger charge is -2.51. The van der Waals surface area contributed by atoms with Crippen LogP contribution in [0.2, 0.25) is 0 Å². The first-order chi connectivity index (χ1) is 14.5. The molecular formula is C23H30N2O4S. The largest absolute Gasteiger partial charge is 0.497 e. The third-order valence-electron chi connectivity index (χ3n) is 6.66. The van der Waals surface area contributed by atoms with Crippen LogP contribution in [-0.2, 0) is 4.79 Å². The number of benzene rings is 1. The van der Waals surface area contributed by atoms with Crippen LogP contribution < -0.4 is 9.04 Å². The Morgan fingerprint density at radius 2 is 2.30 bits per heavy atom. The van der Waals surface area contributed by atoms with E-state index >= 15 is 0 Å². The zero-order valence-electron chi connectivity index (χ0n) is 17.4. The van der Waals surface area contributed by atoms with Crippen molar-refractivity contribution in [2.75, 3.05) is 36.8 Å². The van der Waals surface area contributed by atoms with Gasteiger partial charge in [-0.05, 0) is 66.9 Å². The van der Waals surface area contributed by atoms with Gasteiger partial charge in [0, 0.05) is 30.4 Å². The van der Waals surface area contributed by atoms with Gasteiger partial charge in [0.25, 0.3) is 0 Å². The highest BCUT2D eigenvalue weighted by Gasteiger charge is 2.43. The van der Waals surface area contributed by atoms with Gasteiger partial charge in [-0.2, -0.15) is 0 Å². The normalized spacial score (nSPS) is 28.5. The van der Waals surface area contributed by atoms with Crippen LogP contribution in [0.3, 0.4) is 0 Å². The topological polar surface area (TPSA) is 73.2 Å². The van der Waals surface area contributed by atoms with Gasteiger partial charge in [-0.15, -0.1) is 6.58 Å². The molecule has 1 aromatic carbocycles. The first kappa shape index (κ1) is 21.3. The summed E-state index contributed by atoms with van der Waals surface area (Å²) in [5, 5.41) is 20.4. The van der Waals surface area contributed by atoms with Crippen molar-refractivity contribution in [2.45, 2.75) is 31.4 Å². The lowest BCUT2D eigenvalue weighted by Crippen LogP contribution is -2.57. The molecule has 0 saturated carbocycles. The predicted molar refractivity (Wildman–Crippen MR) is 121 cm³/mol. The summed E-state index contributed by atoms with van der Waals surface area (Å²) in [6, 6.07) is 6.02. The number of carbonyl (C=O) groups is 1. The molecule has 5 rings (SSSR count). The van der Waals surface area contributed by atoms with Crippen molar-refractivity contribution in [3.63, 3.8) is 0 Å². The molecule has 4 aliphatic heterocycles. The molecule has 0 amide bonds. The Balaban J connectivity index is 1.57. The van der Waals surface area contributed by atoms with Gasteiger partial charge in [0.1, 0.15) is 5.75 Å². The molecule has 162 valence electrons. The number of ether oxygens (including phenoxy) is 1. The van der Waals surface area contributed by atoms with E-state index in [1.54, 1.807) is 7.11 Å². The van der Waals surface area contributed by atoms with Crippen LogP contribution in [0.25, 0.3) is 5.57 Å². The average Bonchev–Trinajstić information content (AvgIpc) is 2.78. The van der Waals surface area contributed by atoms with E-state index in [2.05, 4.69) is 27.9 Å². The number of aliphatic carboxylic acids is 1. The molecule has 2 bridgehead atoms. The molecule has 0 aliphatic carbocycles. The van der Waals surface area contributed by atoms with E-state index in [-0.39, 0.29) is 12.5 Å². The Bertz CT molecular complexity index is 842. The van der Waals surface area contributed by atoms with E-state index in [1.165, 1.54) is 18.4 Å². The van der Waals surface area contributed by atoms with Crippen molar-refractivity contribution >= 4 is 29.2 Å². The first-order valence-electron chi connectivity index (χ1n) is 10.6. The summed E-state index contributed by atoms with van der Waals surface area (Å²) in [6.45, 7) is 6.65. The predicted octanol–water partition coefficient (Wildman–Crippen LogP) is 3.28. The van der Waals surface area contributed by atoms with E-state index < -0.39 is 12.1 Å². The number of hydrogen-bond acceptors (Lipinski definition) is 6. The highest BCUT2D eigenvalue weighted by atomic mass is 32.2. The summed E-state index contributed by atoms with van der Waals surface area (Å²) in [4.78, 5) is 13.3. The molecule has 30 heavy (non-hydrogen) atoms. The summed E-state index contributed by atoms with van der Waals surface area (Å²) in [5.74, 6) is 1.59. The molecule has 6 nitrogen and oxygen atoms in total. The second-order valence-electron chi connectivity index (χ2n) is 8.27. The summed E-state index contributed by atoms with van der Waals surface area (Å²) < 4.78 is 7.55. The molecule has 1 unspecified atom stereocenters. The van der Waals surface area contributed by atoms with E-state index in [1.807, 2.05) is 18.2 Å². The summed E-state index contributed by atoms with van der Waals surface area (Å²) in [5.41, 5.74) is 2.92. The van der Waals surface area contributed by atoms with Crippen LogP contribution in [0.5, 0.6) is 5.75 Å². The van der Waals surface area contributed by atoms with Crippen LogP contribution >= 0.6 is 11.9 Å². The number of hydrogen-bond donors (Lipinski definition) is 2. The van der Waals surface area contributed by atoms with Crippen molar-refractivity contribution < 1.29 is 19.7 Å². The van der Waals surface area contributed by atoms with Gasteiger partial charge < -0.3 is 19.3 Å². The lowest BCUT2D eigenvalue weighted by molar-refractivity contribution is -0.136. The minimum atomic E-state index is -0.791. The fourth-order valence-corrected chi connectivity index (χ4v) is 6.00. The Kier molecular flexibility index (Phi) is 6.41. The Hall–Kier alpha value is -1.96. The summed E-state index contributed by atoms with van der Waals surface area (Å²) in [6.07, 6.45) is 5.90. The number of carboxylic acids is 1. The van der Waals surface area contributed by atoms with Crippen LogP contribution in [-0.4, -0.2) is 65.7 Å². The van der Waals surface area contributed by atoms with Gasteiger partial charge in [0.2, 0.25) is 0 Å². The van der Waals surface area contributed by atoms with Gasteiger partial charge in [0.15, 0.2) is 0 Å². The maximum atomic E-state index is 11.4. The Morgan fingerprint density at radius 3 is 2.97 bits per heavy atom. The SMILES string of the molecule is C=C[C@H]1CN2CC[C@H]1C[C@@H]2[C@@H](O)C1=CCN(SCCC(=O)O)c2ccc(OC)cc21. The average molecular weight is 431 g/mol. The number of nitrogens with zero attached hydrogens (tertiary/aromatic N) is 2. The minimum absolute atomic E-state index is 0.120. The number of anilines is 1. The number of fused-ring (bicyclic) bond motifs is 4. The molecular weight excluding hydrogens is 400 g/mol. The zero-order chi connectivity index (χ0) is 21.3. The first-order valence-corrected chi connectivity index (χ1v) is 11.5. The van der Waals surface area contributed by atoms with Crippen molar-refractivity contribution in [3.8, 4) is 5.75 Å². The fraction of sp³-hybridized carbons (Fsp3) is 0.522. The number of aliphatic hydroxyl groups excluding tert-OH is 1. The van der Waals surface area contributed by atoms with Gasteiger partial charge >= 0.3 is 5.97 Å². The van der Waals surface area contributed by atoms with Crippen LogP contribution in [0, 0.1) is 11.8 Å². The number of carboxylic acid groups (broad SMARTS) is 1. The highest BCUT2D eigenvalue weighted by Crippen LogP contribution is 2.44. The Morgan fingerprint density at radius 1 is 1.47 bits per heavy atom. The molecule has 2 N–H and O–H groups in total. The van der Waals surface area contributed by atoms with Crippen molar-refractivity contribution in [1.82, 2.24) is 4.90 Å². The Labute approximate surface area is 182 Å². The van der Waals surface area contributed by atoms with Crippen molar-refractivity contribution in [3.05, 3.63) is 42.5 Å². The molecule has 0 radical (unpaired) electrons. The molecule has 7 heteroatoms. The third kappa shape index (κ3) is 4.11. The second-order valence-corrected chi connectivity index (χ2v) is 9.38. The molecule has 4 heterocycles. The second kappa shape index (κ2) is 9.04. The fourth-order valence-electron chi connectivity index (χ4n) is 5.04. The number of aliphatic hydroxyl groups is 1. The van der Waals surface area contributed by atoms with Crippen LogP contribution in [0.4, 0.5) is 5.69 Å². The van der Waals surface area contributed by atoms with Crippen LogP contribution in [0.1, 0.15) is 24.8 Å². The smallest absolute Gasteiger partial charge is 0.304 e. The van der Waals surface area contributed by atoms with E-state index in [4.69, 9.17) is 9.84 Å². The lowest BCUT2D eigenvalue weighted by atomic mass is 9.73. The van der Waals surface area contributed by atoms with E-state index in [9.17, 15) is 9.90 Å². The summed E-state index contributed by atoms with van der Waals surface area (Å²) in [7, 11) is 1.64. The number of rotatable bonds is 8. The van der Waals surface area contributed by atoms with Crippen molar-refractivity contribution in [2.24, 2.45) is 11.8 Å². The number of methoxy groups -OCH3 is 1. The quantitative estimate of drug-likeness (QED) is 0.484. The van der Waals surface area contributed by atoms with E-state index in [0.29, 0.717) is 24.1 Å². The molecule has 0 aromatic heterocycles. The zero-order valence-corrected chi connectivity index (χ0v) is 18.2. The van der Waals surface area contributed by atoms with Gasteiger partial charge in [-0.1, -0.05) is 12.2 Å². The molecule has 3 fully saturated rings. The molecule has 4 aliphatic rings. The maximum Gasteiger partial charge on any atom is 0.304 e. The van der Waals surface area contributed by atoms with E-state index in [0.717, 1.165) is 42.1 Å². The molecule has 1 aromatic rings. The number of piperidine rings is 3. The van der Waals surface area contributed by atoms with Crippen molar-refractivity contribution in [1.29, 1.82) is 0 Å². The summed E-state index contributed by atoms with van der Waals surface area (Å²) >= 11 is 1.51. The standard InChI is InChI=1S/C23H30N2O4S/c1-3-15-14-24-9-6-16(15)12-21(24)23(28)18-7-10-25(30-11-8-22(26)27)20-5-4-17(29-2)13-19(18)20/h3-5,7,13,15-16,21,23,28H,1,6,8-12,14H2,2H3,(H,26,27)/t15-,16-,21+,23-/m0/s1. The molecule has 0 spiro atoms. The molecule has 3 saturated heterocycles.